The Morgan fingerprint density at radius 3 is 2.67 bits per heavy atom. The lowest BCUT2D eigenvalue weighted by Gasteiger charge is -2.32. The van der Waals surface area contributed by atoms with Crippen molar-refractivity contribution >= 4 is 12.0 Å². The van der Waals surface area contributed by atoms with Gasteiger partial charge in [-0.2, -0.15) is 0 Å². The second-order valence-electron chi connectivity index (χ2n) is 5.58. The molecule has 0 spiro atoms. The van der Waals surface area contributed by atoms with E-state index in [1.807, 2.05) is 13.0 Å². The van der Waals surface area contributed by atoms with Gasteiger partial charge in [-0.3, -0.25) is 4.79 Å². The van der Waals surface area contributed by atoms with Gasteiger partial charge in [0.1, 0.15) is 5.76 Å². The first-order valence-electron chi connectivity index (χ1n) is 7.36. The average Bonchev–Trinajstić information content (AvgIpc) is 3.07. The Hall–Kier alpha value is -1.98. The van der Waals surface area contributed by atoms with E-state index in [1.54, 1.807) is 17.2 Å². The number of rotatable bonds is 6. The minimum atomic E-state index is -0.869. The second kappa shape index (κ2) is 6.65. The summed E-state index contributed by atoms with van der Waals surface area (Å²) in [6.07, 6.45) is 4.92. The fourth-order valence-electron chi connectivity index (χ4n) is 2.91. The van der Waals surface area contributed by atoms with Crippen molar-refractivity contribution in [2.45, 2.75) is 51.1 Å². The number of urea groups is 1. The molecule has 2 rings (SSSR count). The smallest absolute Gasteiger partial charge is 0.318 e. The molecule has 21 heavy (non-hydrogen) atoms. The summed E-state index contributed by atoms with van der Waals surface area (Å²) in [5.41, 5.74) is -0.598. The largest absolute Gasteiger partial charge is 0.481 e. The zero-order valence-corrected chi connectivity index (χ0v) is 12.3. The van der Waals surface area contributed by atoms with Crippen molar-refractivity contribution < 1.29 is 19.1 Å². The summed E-state index contributed by atoms with van der Waals surface area (Å²) in [6, 6.07) is 3.37. The van der Waals surface area contributed by atoms with Gasteiger partial charge in [0.25, 0.3) is 0 Å². The van der Waals surface area contributed by atoms with E-state index >= 15 is 0 Å². The van der Waals surface area contributed by atoms with Crippen molar-refractivity contribution in [3.63, 3.8) is 0 Å². The van der Waals surface area contributed by atoms with Crippen molar-refractivity contribution in [2.75, 3.05) is 6.54 Å². The Kier molecular flexibility index (Phi) is 4.88. The average molecular weight is 294 g/mol. The standard InChI is InChI=1S/C15H22N2O4/c1-2-17(11-12-6-5-9-21-12)14(20)16-15(10-13(18)19)7-3-4-8-15/h5-6,9H,2-4,7-8,10-11H2,1H3,(H,16,20)(H,18,19). The fraction of sp³-hybridized carbons (Fsp3) is 0.600. The molecule has 6 heteroatoms. The Labute approximate surface area is 124 Å². The zero-order valence-electron chi connectivity index (χ0n) is 12.3. The predicted octanol–water partition coefficient (Wildman–Crippen LogP) is 2.60. The molecule has 1 aliphatic carbocycles. The Bertz CT molecular complexity index is 478. The third-order valence-electron chi connectivity index (χ3n) is 4.02. The first-order chi connectivity index (χ1) is 10.0. The van der Waals surface area contributed by atoms with Gasteiger partial charge in [0.05, 0.1) is 24.8 Å². The highest BCUT2D eigenvalue weighted by molar-refractivity contribution is 5.77. The van der Waals surface area contributed by atoms with Crippen molar-refractivity contribution in [3.05, 3.63) is 24.2 Å². The van der Waals surface area contributed by atoms with Crippen LogP contribution in [0.15, 0.2) is 22.8 Å². The summed E-state index contributed by atoms with van der Waals surface area (Å²) < 4.78 is 5.26. The molecule has 1 aromatic rings. The molecule has 116 valence electrons. The van der Waals surface area contributed by atoms with Crippen LogP contribution in [0, 0.1) is 0 Å². The number of hydrogen-bond acceptors (Lipinski definition) is 3. The van der Waals surface area contributed by atoms with Gasteiger partial charge in [-0.1, -0.05) is 12.8 Å². The molecule has 0 aliphatic heterocycles. The Morgan fingerprint density at radius 1 is 1.43 bits per heavy atom. The molecule has 1 heterocycles. The lowest BCUT2D eigenvalue weighted by atomic mass is 9.93. The maximum atomic E-state index is 12.4. The van der Waals surface area contributed by atoms with E-state index in [0.29, 0.717) is 18.8 Å². The van der Waals surface area contributed by atoms with Gasteiger partial charge >= 0.3 is 12.0 Å². The summed E-state index contributed by atoms with van der Waals surface area (Å²) in [5, 5.41) is 12.0. The molecule has 0 unspecified atom stereocenters. The highest BCUT2D eigenvalue weighted by Crippen LogP contribution is 2.32. The van der Waals surface area contributed by atoms with Gasteiger partial charge in [0.15, 0.2) is 0 Å². The van der Waals surface area contributed by atoms with Crippen molar-refractivity contribution in [3.8, 4) is 0 Å². The molecule has 2 N–H and O–H groups in total. The third-order valence-corrected chi connectivity index (χ3v) is 4.02. The lowest BCUT2D eigenvalue weighted by Crippen LogP contribution is -2.52. The number of carboxylic acid groups (broad SMARTS) is 1. The van der Waals surface area contributed by atoms with Crippen LogP contribution < -0.4 is 5.32 Å². The third kappa shape index (κ3) is 4.00. The van der Waals surface area contributed by atoms with Crippen LogP contribution in [0.3, 0.4) is 0 Å². The van der Waals surface area contributed by atoms with E-state index < -0.39 is 11.5 Å². The number of carboxylic acids is 1. The topological polar surface area (TPSA) is 82.8 Å². The SMILES string of the molecule is CCN(Cc1ccco1)C(=O)NC1(CC(=O)O)CCCC1. The second-order valence-corrected chi connectivity index (χ2v) is 5.58. The molecule has 1 aromatic heterocycles. The number of nitrogens with one attached hydrogen (secondary N) is 1. The molecule has 1 saturated carbocycles. The monoisotopic (exact) mass is 294 g/mol. The quantitative estimate of drug-likeness (QED) is 0.844. The molecule has 1 fully saturated rings. The van der Waals surface area contributed by atoms with Gasteiger partial charge in [-0.25, -0.2) is 4.79 Å². The number of carbonyl (C=O) groups excluding carboxylic acids is 1. The highest BCUT2D eigenvalue weighted by Gasteiger charge is 2.38. The Balaban J connectivity index is 2.01. The maximum absolute atomic E-state index is 12.4. The number of furan rings is 1. The van der Waals surface area contributed by atoms with Crippen molar-refractivity contribution in [2.24, 2.45) is 0 Å². The molecule has 0 saturated heterocycles. The van der Waals surface area contributed by atoms with E-state index in [2.05, 4.69) is 5.32 Å². The molecule has 2 amide bonds. The van der Waals surface area contributed by atoms with Crippen molar-refractivity contribution in [1.82, 2.24) is 10.2 Å². The van der Waals surface area contributed by atoms with Crippen molar-refractivity contribution in [1.29, 1.82) is 0 Å². The summed E-state index contributed by atoms with van der Waals surface area (Å²) >= 11 is 0. The summed E-state index contributed by atoms with van der Waals surface area (Å²) in [7, 11) is 0. The highest BCUT2D eigenvalue weighted by atomic mass is 16.4. The molecule has 6 nitrogen and oxygen atoms in total. The van der Waals surface area contributed by atoms with Gasteiger partial charge in [-0.05, 0) is 31.9 Å². The molecular formula is C15H22N2O4. The zero-order chi connectivity index (χ0) is 15.3. The molecule has 1 aliphatic rings. The van der Waals surface area contributed by atoms with E-state index in [1.165, 1.54) is 0 Å². The maximum Gasteiger partial charge on any atom is 0.318 e. The normalized spacial score (nSPS) is 16.6. The summed E-state index contributed by atoms with van der Waals surface area (Å²) in [5.74, 6) is -0.156. The van der Waals surface area contributed by atoms with Crippen LogP contribution in [-0.2, 0) is 11.3 Å². The fourth-order valence-corrected chi connectivity index (χ4v) is 2.91. The molecule has 0 bridgehead atoms. The minimum absolute atomic E-state index is 0.0168. The van der Waals surface area contributed by atoms with E-state index in [4.69, 9.17) is 9.52 Å². The van der Waals surface area contributed by atoms with Gasteiger partial charge in [0.2, 0.25) is 0 Å². The predicted molar refractivity (Wildman–Crippen MR) is 76.8 cm³/mol. The van der Waals surface area contributed by atoms with Crippen LogP contribution >= 0.6 is 0 Å². The van der Waals surface area contributed by atoms with E-state index in [9.17, 15) is 9.59 Å². The molecule has 0 aromatic carbocycles. The number of aliphatic carboxylic acids is 1. The van der Waals surface area contributed by atoms with Gasteiger partial charge in [0, 0.05) is 6.54 Å². The van der Waals surface area contributed by atoms with Crippen LogP contribution in [0.2, 0.25) is 0 Å². The van der Waals surface area contributed by atoms with Crippen LogP contribution in [0.4, 0.5) is 4.79 Å². The number of hydrogen-bond donors (Lipinski definition) is 2. The van der Waals surface area contributed by atoms with E-state index in [0.717, 1.165) is 25.7 Å². The minimum Gasteiger partial charge on any atom is -0.481 e. The number of nitrogens with zero attached hydrogens (tertiary/aromatic N) is 1. The molecular weight excluding hydrogens is 272 g/mol. The first-order valence-corrected chi connectivity index (χ1v) is 7.36. The van der Waals surface area contributed by atoms with Crippen LogP contribution in [0.25, 0.3) is 0 Å². The van der Waals surface area contributed by atoms with Crippen LogP contribution in [0.1, 0.15) is 44.8 Å². The summed E-state index contributed by atoms with van der Waals surface area (Å²) in [6.45, 7) is 2.81. The van der Waals surface area contributed by atoms with Gasteiger partial charge < -0.3 is 19.7 Å². The van der Waals surface area contributed by atoms with E-state index in [-0.39, 0.29) is 12.5 Å². The first kappa shape index (κ1) is 15.4. The number of carbonyl (C=O) groups is 2. The Morgan fingerprint density at radius 2 is 2.14 bits per heavy atom. The summed E-state index contributed by atoms with van der Waals surface area (Å²) in [4.78, 5) is 25.1. The molecule has 0 atom stereocenters. The lowest BCUT2D eigenvalue weighted by molar-refractivity contribution is -0.138. The molecule has 0 radical (unpaired) electrons. The van der Waals surface area contributed by atoms with Gasteiger partial charge in [-0.15, -0.1) is 0 Å². The van der Waals surface area contributed by atoms with Crippen LogP contribution in [-0.4, -0.2) is 34.1 Å². The number of amides is 2. The van der Waals surface area contributed by atoms with Crippen LogP contribution in [0.5, 0.6) is 0 Å².